The SMILES string of the molecule is CCCOc1c(I)cc(/C=C2\SC(=O)N(Cc3cccc(Br)c3)C2=O)cc1OC. The molecule has 3 rings (SSSR count). The van der Waals surface area contributed by atoms with E-state index in [0.717, 1.165) is 37.4 Å². The average molecular weight is 588 g/mol. The summed E-state index contributed by atoms with van der Waals surface area (Å²) in [6.07, 6.45) is 2.62. The summed E-state index contributed by atoms with van der Waals surface area (Å²) in [5.74, 6) is 1.00. The van der Waals surface area contributed by atoms with E-state index in [2.05, 4.69) is 38.5 Å². The van der Waals surface area contributed by atoms with Crippen LogP contribution < -0.4 is 9.47 Å². The smallest absolute Gasteiger partial charge is 0.293 e. The van der Waals surface area contributed by atoms with E-state index in [1.54, 1.807) is 13.2 Å². The molecule has 1 aliphatic heterocycles. The number of hydrogen-bond donors (Lipinski definition) is 0. The normalized spacial score (nSPS) is 15.3. The van der Waals surface area contributed by atoms with Crippen LogP contribution in [0.3, 0.4) is 0 Å². The lowest BCUT2D eigenvalue weighted by Gasteiger charge is -2.13. The maximum atomic E-state index is 12.8. The van der Waals surface area contributed by atoms with Gasteiger partial charge in [-0.25, -0.2) is 0 Å². The summed E-state index contributed by atoms with van der Waals surface area (Å²) in [6, 6.07) is 11.3. The van der Waals surface area contributed by atoms with E-state index in [1.807, 2.05) is 43.3 Å². The molecule has 1 aliphatic rings. The predicted octanol–water partition coefficient (Wildman–Crippen LogP) is 6.09. The van der Waals surface area contributed by atoms with Gasteiger partial charge in [-0.1, -0.05) is 35.0 Å². The molecule has 0 N–H and O–H groups in total. The van der Waals surface area contributed by atoms with Crippen LogP contribution in [0.25, 0.3) is 6.08 Å². The van der Waals surface area contributed by atoms with Gasteiger partial charge in [0.25, 0.3) is 11.1 Å². The molecule has 0 aromatic heterocycles. The van der Waals surface area contributed by atoms with Crippen molar-refractivity contribution in [2.24, 2.45) is 0 Å². The highest BCUT2D eigenvalue weighted by atomic mass is 127. The molecule has 2 aromatic rings. The monoisotopic (exact) mass is 587 g/mol. The summed E-state index contributed by atoms with van der Waals surface area (Å²) in [5, 5.41) is -0.272. The Morgan fingerprint density at radius 1 is 1.24 bits per heavy atom. The number of hydrogen-bond acceptors (Lipinski definition) is 5. The second-order valence-electron chi connectivity index (χ2n) is 6.28. The van der Waals surface area contributed by atoms with Crippen LogP contribution in [0.4, 0.5) is 4.79 Å². The lowest BCUT2D eigenvalue weighted by Crippen LogP contribution is -2.27. The second-order valence-corrected chi connectivity index (χ2v) is 9.35. The van der Waals surface area contributed by atoms with Gasteiger partial charge in [0.2, 0.25) is 0 Å². The Morgan fingerprint density at radius 2 is 2.03 bits per heavy atom. The molecule has 0 radical (unpaired) electrons. The summed E-state index contributed by atoms with van der Waals surface area (Å²) in [5.41, 5.74) is 1.67. The quantitative estimate of drug-likeness (QED) is 0.290. The first kappa shape index (κ1) is 22.2. The van der Waals surface area contributed by atoms with Gasteiger partial charge in [-0.2, -0.15) is 0 Å². The lowest BCUT2D eigenvalue weighted by molar-refractivity contribution is -0.123. The minimum Gasteiger partial charge on any atom is -0.493 e. The lowest BCUT2D eigenvalue weighted by atomic mass is 10.1. The van der Waals surface area contributed by atoms with E-state index < -0.39 is 0 Å². The first-order valence-electron chi connectivity index (χ1n) is 8.93. The van der Waals surface area contributed by atoms with Gasteiger partial charge < -0.3 is 9.47 Å². The maximum absolute atomic E-state index is 12.8. The van der Waals surface area contributed by atoms with Gasteiger partial charge in [0.15, 0.2) is 11.5 Å². The Hall–Kier alpha value is -1.52. The molecule has 0 bridgehead atoms. The number of benzene rings is 2. The fourth-order valence-corrected chi connectivity index (χ4v) is 4.84. The minimum atomic E-state index is -0.291. The number of imide groups is 1. The number of ether oxygens (including phenoxy) is 2. The van der Waals surface area contributed by atoms with Crippen LogP contribution in [0.2, 0.25) is 0 Å². The number of nitrogens with zero attached hydrogens (tertiary/aromatic N) is 1. The third kappa shape index (κ3) is 5.35. The van der Waals surface area contributed by atoms with Gasteiger partial charge in [-0.15, -0.1) is 0 Å². The molecule has 152 valence electrons. The Morgan fingerprint density at radius 3 is 2.72 bits per heavy atom. The summed E-state index contributed by atoms with van der Waals surface area (Å²) >= 11 is 6.55. The van der Waals surface area contributed by atoms with Crippen LogP contribution in [0.5, 0.6) is 11.5 Å². The van der Waals surface area contributed by atoms with Crippen LogP contribution in [0.15, 0.2) is 45.8 Å². The van der Waals surface area contributed by atoms with Crippen molar-refractivity contribution >= 4 is 67.5 Å². The van der Waals surface area contributed by atoms with Gasteiger partial charge in [-0.05, 0) is 82.2 Å². The standard InChI is InChI=1S/C21H19BrINO4S/c1-3-7-28-19-16(23)9-14(10-17(19)27-2)11-18-20(25)24(21(26)29-18)12-13-5-4-6-15(22)8-13/h4-6,8-11H,3,7,12H2,1-2H3/b18-11-. The summed E-state index contributed by atoms with van der Waals surface area (Å²) in [6.45, 7) is 2.88. The van der Waals surface area contributed by atoms with Gasteiger partial charge in [0.1, 0.15) is 0 Å². The van der Waals surface area contributed by atoms with Crippen molar-refractivity contribution in [3.05, 3.63) is 60.5 Å². The molecular weight excluding hydrogens is 569 g/mol. The number of amides is 2. The molecule has 1 heterocycles. The number of rotatable bonds is 7. The van der Waals surface area contributed by atoms with Crippen molar-refractivity contribution in [2.75, 3.05) is 13.7 Å². The Labute approximate surface area is 196 Å². The zero-order chi connectivity index (χ0) is 21.0. The first-order chi connectivity index (χ1) is 13.9. The van der Waals surface area contributed by atoms with Gasteiger partial charge in [0, 0.05) is 4.47 Å². The molecule has 0 aliphatic carbocycles. The van der Waals surface area contributed by atoms with Gasteiger partial charge in [-0.3, -0.25) is 14.5 Å². The molecule has 29 heavy (non-hydrogen) atoms. The van der Waals surface area contributed by atoms with Crippen molar-refractivity contribution in [3.8, 4) is 11.5 Å². The van der Waals surface area contributed by atoms with Crippen molar-refractivity contribution in [1.29, 1.82) is 0 Å². The van der Waals surface area contributed by atoms with Gasteiger partial charge >= 0.3 is 0 Å². The van der Waals surface area contributed by atoms with Crippen LogP contribution in [-0.2, 0) is 11.3 Å². The van der Waals surface area contributed by atoms with E-state index in [0.29, 0.717) is 23.0 Å². The van der Waals surface area contributed by atoms with E-state index in [-0.39, 0.29) is 17.7 Å². The van der Waals surface area contributed by atoms with Crippen molar-refractivity contribution in [1.82, 2.24) is 4.90 Å². The van der Waals surface area contributed by atoms with E-state index >= 15 is 0 Å². The van der Waals surface area contributed by atoms with Crippen LogP contribution in [0.1, 0.15) is 24.5 Å². The molecule has 0 atom stereocenters. The van der Waals surface area contributed by atoms with E-state index in [1.165, 1.54) is 4.90 Å². The zero-order valence-corrected chi connectivity index (χ0v) is 20.5. The Bertz CT molecular complexity index is 979. The molecular formula is C21H19BrINO4S. The molecule has 1 fully saturated rings. The Balaban J connectivity index is 1.84. The van der Waals surface area contributed by atoms with E-state index in [4.69, 9.17) is 9.47 Å². The number of methoxy groups -OCH3 is 1. The van der Waals surface area contributed by atoms with Crippen LogP contribution >= 0.6 is 50.3 Å². The number of carbonyl (C=O) groups is 2. The molecule has 8 heteroatoms. The highest BCUT2D eigenvalue weighted by Gasteiger charge is 2.35. The highest BCUT2D eigenvalue weighted by molar-refractivity contribution is 14.1. The second kappa shape index (κ2) is 9.99. The predicted molar refractivity (Wildman–Crippen MR) is 127 cm³/mol. The molecule has 2 aromatic carbocycles. The fourth-order valence-electron chi connectivity index (χ4n) is 2.77. The van der Waals surface area contributed by atoms with Crippen molar-refractivity contribution < 1.29 is 19.1 Å². The zero-order valence-electron chi connectivity index (χ0n) is 15.9. The van der Waals surface area contributed by atoms with E-state index in [9.17, 15) is 9.59 Å². The Kier molecular flexibility index (Phi) is 7.64. The molecule has 0 spiro atoms. The maximum Gasteiger partial charge on any atom is 0.293 e. The summed E-state index contributed by atoms with van der Waals surface area (Å²) in [4.78, 5) is 26.9. The molecule has 0 unspecified atom stereocenters. The molecule has 0 saturated carbocycles. The van der Waals surface area contributed by atoms with Crippen molar-refractivity contribution in [2.45, 2.75) is 19.9 Å². The van der Waals surface area contributed by atoms with Crippen LogP contribution in [-0.4, -0.2) is 29.8 Å². The molecule has 1 saturated heterocycles. The topological polar surface area (TPSA) is 55.8 Å². The molecule has 2 amide bonds. The molecule has 5 nitrogen and oxygen atoms in total. The third-order valence-electron chi connectivity index (χ3n) is 4.10. The summed E-state index contributed by atoms with van der Waals surface area (Å²) < 4.78 is 13.0. The average Bonchev–Trinajstić information content (AvgIpc) is 2.94. The minimum absolute atomic E-state index is 0.242. The number of carbonyl (C=O) groups excluding carboxylic acids is 2. The third-order valence-corrected chi connectivity index (χ3v) is 6.31. The van der Waals surface area contributed by atoms with Gasteiger partial charge in [0.05, 0.1) is 28.7 Å². The number of halogens is 2. The fraction of sp³-hybridized carbons (Fsp3) is 0.238. The summed E-state index contributed by atoms with van der Waals surface area (Å²) in [7, 11) is 1.58. The number of thioether (sulfide) groups is 1. The largest absolute Gasteiger partial charge is 0.493 e. The first-order valence-corrected chi connectivity index (χ1v) is 11.6. The van der Waals surface area contributed by atoms with Crippen LogP contribution in [0, 0.1) is 3.57 Å². The highest BCUT2D eigenvalue weighted by Crippen LogP contribution is 2.37. The van der Waals surface area contributed by atoms with Crippen molar-refractivity contribution in [3.63, 3.8) is 0 Å².